The second kappa shape index (κ2) is 10.0. The molecule has 11 heteroatoms. The second-order valence-corrected chi connectivity index (χ2v) is 10.3. The van der Waals surface area contributed by atoms with Gasteiger partial charge in [0.2, 0.25) is 6.41 Å². The first-order valence-electron chi connectivity index (χ1n) is 11.2. The first kappa shape index (κ1) is 25.2. The average Bonchev–Trinajstić information content (AvgIpc) is 3.39. The second-order valence-electron chi connectivity index (χ2n) is 9.30. The zero-order valence-electron chi connectivity index (χ0n) is 20.3. The molecule has 9 nitrogen and oxygen atoms in total. The number of nitrogens with one attached hydrogen (secondary N) is 1. The van der Waals surface area contributed by atoms with E-state index in [4.69, 9.17) is 14.2 Å². The van der Waals surface area contributed by atoms with E-state index in [9.17, 15) is 14.3 Å². The number of thiophene rings is 1. The number of ether oxygens (including phenoxy) is 3. The van der Waals surface area contributed by atoms with Gasteiger partial charge in [-0.05, 0) is 51.8 Å². The minimum absolute atomic E-state index is 0.269. The van der Waals surface area contributed by atoms with Crippen LogP contribution in [0, 0.1) is 12.7 Å². The summed E-state index contributed by atoms with van der Waals surface area (Å²) in [5, 5.41) is 14.3. The zero-order chi connectivity index (χ0) is 25.3. The highest BCUT2D eigenvalue weighted by molar-refractivity contribution is 7.20. The SMILES string of the molecule is COC(=O)c1sc2ncnc(Nc3ccc(F)cc3OC3CCN(C(O)OC(C)(C)C)C3)c2c1C. The number of carbonyl (C=O) groups excluding carboxylic acids is 1. The van der Waals surface area contributed by atoms with Gasteiger partial charge in [0, 0.05) is 19.2 Å². The lowest BCUT2D eigenvalue weighted by molar-refractivity contribution is -0.234. The van der Waals surface area contributed by atoms with Gasteiger partial charge >= 0.3 is 5.97 Å². The molecule has 0 bridgehead atoms. The third-order valence-corrected chi connectivity index (χ3v) is 6.72. The number of hydrogen-bond donors (Lipinski definition) is 2. The van der Waals surface area contributed by atoms with Crippen LogP contribution in [-0.4, -0.2) is 64.3 Å². The van der Waals surface area contributed by atoms with Crippen molar-refractivity contribution >= 4 is 39.0 Å². The molecule has 1 aliphatic rings. The molecule has 1 aliphatic heterocycles. The molecule has 1 saturated heterocycles. The number of anilines is 2. The van der Waals surface area contributed by atoms with Crippen molar-refractivity contribution in [1.29, 1.82) is 0 Å². The summed E-state index contributed by atoms with van der Waals surface area (Å²) in [6, 6.07) is 4.22. The van der Waals surface area contributed by atoms with E-state index < -0.39 is 23.8 Å². The fourth-order valence-corrected chi connectivity index (χ4v) is 4.97. The number of aliphatic hydroxyl groups is 1. The average molecular weight is 505 g/mol. The van der Waals surface area contributed by atoms with Crippen LogP contribution in [0.4, 0.5) is 15.9 Å². The monoisotopic (exact) mass is 504 g/mol. The number of aryl methyl sites for hydroxylation is 1. The van der Waals surface area contributed by atoms with Crippen molar-refractivity contribution < 1.29 is 28.5 Å². The van der Waals surface area contributed by atoms with Gasteiger partial charge in [0.05, 0.1) is 23.8 Å². The van der Waals surface area contributed by atoms with E-state index in [0.717, 1.165) is 0 Å². The van der Waals surface area contributed by atoms with E-state index in [1.807, 2.05) is 20.8 Å². The fraction of sp³-hybridized carbons (Fsp3) is 0.458. The van der Waals surface area contributed by atoms with E-state index in [1.54, 1.807) is 17.9 Å². The summed E-state index contributed by atoms with van der Waals surface area (Å²) in [4.78, 5) is 23.6. The van der Waals surface area contributed by atoms with Crippen molar-refractivity contribution in [1.82, 2.24) is 14.9 Å². The lowest BCUT2D eigenvalue weighted by atomic mass is 10.2. The fourth-order valence-electron chi connectivity index (χ4n) is 3.90. The number of nitrogens with zero attached hydrogens (tertiary/aromatic N) is 3. The van der Waals surface area contributed by atoms with E-state index in [1.165, 1.54) is 36.9 Å². The number of likely N-dealkylation sites (tertiary alicyclic amines) is 1. The van der Waals surface area contributed by atoms with Crippen molar-refractivity contribution in [3.05, 3.63) is 40.8 Å². The Morgan fingerprint density at radius 1 is 1.34 bits per heavy atom. The van der Waals surface area contributed by atoms with Gasteiger partial charge in [-0.2, -0.15) is 0 Å². The molecule has 2 N–H and O–H groups in total. The van der Waals surface area contributed by atoms with Crippen molar-refractivity contribution in [3.63, 3.8) is 0 Å². The summed E-state index contributed by atoms with van der Waals surface area (Å²) >= 11 is 1.22. The van der Waals surface area contributed by atoms with Crippen LogP contribution in [0.2, 0.25) is 0 Å². The van der Waals surface area contributed by atoms with Crippen LogP contribution in [0.1, 0.15) is 42.4 Å². The van der Waals surface area contributed by atoms with Gasteiger partial charge in [0.25, 0.3) is 0 Å². The number of hydrogen-bond acceptors (Lipinski definition) is 10. The number of methoxy groups -OCH3 is 1. The summed E-state index contributed by atoms with van der Waals surface area (Å²) in [5.41, 5.74) is 0.722. The molecule has 1 aromatic carbocycles. The molecule has 0 amide bonds. The normalized spacial score (nSPS) is 17.5. The van der Waals surface area contributed by atoms with Crippen LogP contribution in [0.25, 0.3) is 10.2 Å². The highest BCUT2D eigenvalue weighted by atomic mass is 32.1. The molecule has 2 aromatic heterocycles. The molecule has 0 saturated carbocycles. The number of aromatic nitrogens is 2. The predicted molar refractivity (Wildman–Crippen MR) is 131 cm³/mol. The summed E-state index contributed by atoms with van der Waals surface area (Å²) in [6.45, 7) is 8.43. The standard InChI is InChI=1S/C24H29FN4O5S/c1-13-18-20(26-12-27-21(18)35-19(13)22(30)32-5)28-16-7-6-14(25)10-17(16)33-15-8-9-29(11-15)23(31)34-24(2,3)4/h6-7,10,12,15,23,31H,8-9,11H2,1-5H3,(H,26,27,28). The topological polar surface area (TPSA) is 106 Å². The quantitative estimate of drug-likeness (QED) is 0.361. The number of aliphatic hydroxyl groups excluding tert-OH is 1. The number of esters is 1. The van der Waals surface area contributed by atoms with Gasteiger partial charge in [-0.1, -0.05) is 0 Å². The van der Waals surface area contributed by atoms with Gasteiger partial charge < -0.3 is 24.6 Å². The first-order valence-corrected chi connectivity index (χ1v) is 12.0. The van der Waals surface area contributed by atoms with Crippen LogP contribution in [0.5, 0.6) is 5.75 Å². The number of rotatable bonds is 7. The maximum Gasteiger partial charge on any atom is 0.348 e. The number of fused-ring (bicyclic) bond motifs is 1. The lowest BCUT2D eigenvalue weighted by Crippen LogP contribution is -2.41. The largest absolute Gasteiger partial charge is 0.487 e. The summed E-state index contributed by atoms with van der Waals surface area (Å²) < 4.78 is 30.8. The molecule has 0 aliphatic carbocycles. The minimum Gasteiger partial charge on any atom is -0.487 e. The molecule has 35 heavy (non-hydrogen) atoms. The third-order valence-electron chi connectivity index (χ3n) is 5.54. The van der Waals surface area contributed by atoms with Crippen molar-refractivity contribution in [2.75, 3.05) is 25.5 Å². The summed E-state index contributed by atoms with van der Waals surface area (Å²) in [5.74, 6) is -0.0944. The minimum atomic E-state index is -1.05. The van der Waals surface area contributed by atoms with Crippen molar-refractivity contribution in [2.24, 2.45) is 0 Å². The molecular weight excluding hydrogens is 475 g/mol. The maximum atomic E-state index is 14.1. The van der Waals surface area contributed by atoms with Crippen LogP contribution >= 0.6 is 11.3 Å². The Kier molecular flexibility index (Phi) is 7.22. The van der Waals surface area contributed by atoms with E-state index >= 15 is 0 Å². The molecule has 188 valence electrons. The van der Waals surface area contributed by atoms with Crippen molar-refractivity contribution in [2.45, 2.75) is 52.2 Å². The van der Waals surface area contributed by atoms with Gasteiger partial charge in [-0.25, -0.2) is 19.2 Å². The third kappa shape index (κ3) is 5.69. The van der Waals surface area contributed by atoms with Gasteiger partial charge in [0.15, 0.2) is 0 Å². The van der Waals surface area contributed by atoms with Gasteiger partial charge in [0.1, 0.15) is 39.5 Å². The highest BCUT2D eigenvalue weighted by Crippen LogP contribution is 2.37. The van der Waals surface area contributed by atoms with E-state index in [-0.39, 0.29) is 6.10 Å². The highest BCUT2D eigenvalue weighted by Gasteiger charge is 2.32. The smallest absolute Gasteiger partial charge is 0.348 e. The van der Waals surface area contributed by atoms with E-state index in [2.05, 4.69) is 15.3 Å². The molecule has 4 rings (SSSR count). The van der Waals surface area contributed by atoms with Crippen molar-refractivity contribution in [3.8, 4) is 5.75 Å². The zero-order valence-corrected chi connectivity index (χ0v) is 21.1. The lowest BCUT2D eigenvalue weighted by Gasteiger charge is -2.29. The molecule has 0 radical (unpaired) electrons. The molecular formula is C24H29FN4O5S. The number of halogens is 1. The van der Waals surface area contributed by atoms with Gasteiger partial charge in [-0.3, -0.25) is 4.90 Å². The predicted octanol–water partition coefficient (Wildman–Crippen LogP) is 4.21. The van der Waals surface area contributed by atoms with Crippen LogP contribution < -0.4 is 10.1 Å². The Hall–Kier alpha value is -2.86. The number of carbonyl (C=O) groups is 1. The van der Waals surface area contributed by atoms with Crippen LogP contribution in [0.3, 0.4) is 0 Å². The Labute approximate surface area is 206 Å². The first-order chi connectivity index (χ1) is 16.6. The summed E-state index contributed by atoms with van der Waals surface area (Å²) in [6.07, 6.45) is 0.727. The molecule has 0 spiro atoms. The molecule has 3 heterocycles. The Bertz CT molecular complexity index is 1230. The molecule has 2 atom stereocenters. The Balaban J connectivity index is 1.56. The maximum absolute atomic E-state index is 14.1. The molecule has 3 aromatic rings. The molecule has 2 unspecified atom stereocenters. The van der Waals surface area contributed by atoms with Crippen LogP contribution in [0.15, 0.2) is 24.5 Å². The van der Waals surface area contributed by atoms with E-state index in [0.29, 0.717) is 57.4 Å². The molecule has 1 fully saturated rings. The number of benzene rings is 1. The van der Waals surface area contributed by atoms with Crippen LogP contribution in [-0.2, 0) is 9.47 Å². The Morgan fingerprint density at radius 2 is 2.11 bits per heavy atom. The summed E-state index contributed by atoms with van der Waals surface area (Å²) in [7, 11) is 1.33. The Morgan fingerprint density at radius 3 is 2.83 bits per heavy atom. The van der Waals surface area contributed by atoms with Gasteiger partial charge in [-0.15, -0.1) is 11.3 Å².